The molecular weight excluding hydrogens is 432 g/mol. The van der Waals surface area contributed by atoms with E-state index in [4.69, 9.17) is 0 Å². The summed E-state index contributed by atoms with van der Waals surface area (Å²) in [5.41, 5.74) is 2.65. The lowest BCUT2D eigenvalue weighted by Gasteiger charge is -2.12. The van der Waals surface area contributed by atoms with Crippen molar-refractivity contribution < 1.29 is 9.90 Å². The second kappa shape index (κ2) is 6.53. The molecular formula is C23H13BrN2O3. The van der Waals surface area contributed by atoms with Gasteiger partial charge in [-0.25, -0.2) is 4.79 Å². The van der Waals surface area contributed by atoms with Crippen molar-refractivity contribution in [2.24, 2.45) is 0 Å². The fourth-order valence-corrected chi connectivity index (χ4v) is 4.19. The molecule has 6 heteroatoms. The average Bonchev–Trinajstić information content (AvgIpc) is 2.72. The van der Waals surface area contributed by atoms with Gasteiger partial charge in [-0.15, -0.1) is 0 Å². The minimum atomic E-state index is -1.29. The first-order valence-electron chi connectivity index (χ1n) is 8.90. The van der Waals surface area contributed by atoms with Crippen LogP contribution in [0.5, 0.6) is 0 Å². The summed E-state index contributed by atoms with van der Waals surface area (Å²) in [6.07, 6.45) is 1.14. The topological polar surface area (TPSA) is 83.0 Å². The second-order valence-corrected chi connectivity index (χ2v) is 7.61. The number of hydrogen-bond acceptors (Lipinski definition) is 3. The lowest BCUT2D eigenvalue weighted by molar-refractivity contribution is 0.0695. The summed E-state index contributed by atoms with van der Waals surface area (Å²) in [6.45, 7) is 0. The van der Waals surface area contributed by atoms with Gasteiger partial charge in [0.05, 0.1) is 16.4 Å². The van der Waals surface area contributed by atoms with Gasteiger partial charge in [-0.05, 0) is 35.2 Å². The average molecular weight is 445 g/mol. The molecule has 140 valence electrons. The van der Waals surface area contributed by atoms with Gasteiger partial charge in [-0.2, -0.15) is 0 Å². The molecule has 0 saturated carbocycles. The van der Waals surface area contributed by atoms with Gasteiger partial charge >= 0.3 is 5.97 Å². The van der Waals surface area contributed by atoms with Gasteiger partial charge in [0.1, 0.15) is 5.56 Å². The zero-order valence-electron chi connectivity index (χ0n) is 14.9. The second-order valence-electron chi connectivity index (χ2n) is 6.75. The number of carboxylic acids is 1. The maximum atomic E-state index is 13.1. The van der Waals surface area contributed by atoms with Gasteiger partial charge in [-0.1, -0.05) is 52.3 Å². The van der Waals surface area contributed by atoms with Gasteiger partial charge in [-0.3, -0.25) is 9.78 Å². The van der Waals surface area contributed by atoms with E-state index in [0.717, 1.165) is 38.1 Å². The number of halogens is 1. The van der Waals surface area contributed by atoms with Crippen LogP contribution in [0.3, 0.4) is 0 Å². The Kier molecular flexibility index (Phi) is 3.96. The zero-order chi connectivity index (χ0) is 20.1. The Morgan fingerprint density at radius 3 is 2.52 bits per heavy atom. The molecule has 0 radical (unpaired) electrons. The zero-order valence-corrected chi connectivity index (χ0v) is 16.5. The number of aromatic nitrogens is 2. The highest BCUT2D eigenvalue weighted by Gasteiger charge is 2.19. The minimum absolute atomic E-state index is 0.277. The fourth-order valence-electron chi connectivity index (χ4n) is 3.70. The standard InChI is InChI=1S/C23H13BrN2O3/c24-17-7-3-2-6-14(17)15-10-13-9-12-5-1-4-8-18(12)26-20(13)19-21(15)25-11-16(22(19)27)23(28)29/h1-11,26H,(H,28,29). The first kappa shape index (κ1) is 17.6. The van der Waals surface area contributed by atoms with Crippen molar-refractivity contribution in [2.45, 2.75) is 0 Å². The summed E-state index contributed by atoms with van der Waals surface area (Å²) < 4.78 is 0.863. The van der Waals surface area contributed by atoms with Crippen LogP contribution in [-0.2, 0) is 0 Å². The monoisotopic (exact) mass is 444 g/mol. The number of carbonyl (C=O) groups is 1. The Morgan fingerprint density at radius 1 is 0.966 bits per heavy atom. The number of nitrogens with one attached hydrogen (secondary N) is 1. The molecule has 2 heterocycles. The predicted molar refractivity (Wildman–Crippen MR) is 117 cm³/mol. The van der Waals surface area contributed by atoms with E-state index in [1.165, 1.54) is 0 Å². The number of benzene rings is 3. The summed E-state index contributed by atoms with van der Waals surface area (Å²) >= 11 is 3.57. The van der Waals surface area contributed by atoms with Gasteiger partial charge in [0.2, 0.25) is 5.43 Å². The van der Waals surface area contributed by atoms with Crippen molar-refractivity contribution >= 4 is 54.6 Å². The van der Waals surface area contributed by atoms with Crippen LogP contribution in [0.15, 0.2) is 76.1 Å². The Hall–Kier alpha value is -3.51. The summed E-state index contributed by atoms with van der Waals surface area (Å²) in [4.78, 5) is 32.4. The number of aromatic amines is 1. The van der Waals surface area contributed by atoms with E-state index < -0.39 is 11.4 Å². The third-order valence-corrected chi connectivity index (χ3v) is 5.74. The molecule has 5 aromatic rings. The van der Waals surface area contributed by atoms with Crippen LogP contribution >= 0.6 is 15.9 Å². The highest BCUT2D eigenvalue weighted by molar-refractivity contribution is 9.10. The van der Waals surface area contributed by atoms with Crippen LogP contribution in [0.1, 0.15) is 10.4 Å². The van der Waals surface area contributed by atoms with Crippen LogP contribution < -0.4 is 5.43 Å². The number of hydrogen-bond donors (Lipinski definition) is 2. The number of para-hydroxylation sites is 1. The Morgan fingerprint density at radius 2 is 1.72 bits per heavy atom. The van der Waals surface area contributed by atoms with Gasteiger partial charge in [0.15, 0.2) is 0 Å². The molecule has 5 nitrogen and oxygen atoms in total. The largest absolute Gasteiger partial charge is 0.477 e. The molecule has 3 aromatic carbocycles. The first-order valence-corrected chi connectivity index (χ1v) is 9.69. The van der Waals surface area contributed by atoms with E-state index in [0.29, 0.717) is 11.0 Å². The minimum Gasteiger partial charge on any atom is -0.477 e. The molecule has 0 amide bonds. The number of aromatic carboxylic acids is 1. The number of rotatable bonds is 2. The van der Waals surface area contributed by atoms with Crippen molar-refractivity contribution in [1.29, 1.82) is 0 Å². The summed E-state index contributed by atoms with van der Waals surface area (Å²) in [5, 5.41) is 11.5. The van der Waals surface area contributed by atoms with E-state index in [2.05, 4.69) is 25.9 Å². The molecule has 0 fully saturated rings. The van der Waals surface area contributed by atoms with Crippen molar-refractivity contribution in [3.8, 4) is 11.1 Å². The van der Waals surface area contributed by atoms with Crippen LogP contribution in [0, 0.1) is 0 Å². The van der Waals surface area contributed by atoms with Crippen LogP contribution in [0.25, 0.3) is 43.8 Å². The third kappa shape index (κ3) is 2.72. The van der Waals surface area contributed by atoms with E-state index in [1.807, 2.05) is 60.7 Å². The third-order valence-electron chi connectivity index (χ3n) is 5.05. The SMILES string of the molecule is O=C(O)c1cnc2c(-c3ccccc3Br)cc3cc4ccccc4[nH]c3c2c1=O. The van der Waals surface area contributed by atoms with Crippen LogP contribution in [-0.4, -0.2) is 21.0 Å². The van der Waals surface area contributed by atoms with Crippen molar-refractivity contribution in [3.63, 3.8) is 0 Å². The van der Waals surface area contributed by atoms with Crippen molar-refractivity contribution in [3.05, 3.63) is 87.1 Å². The first-order chi connectivity index (χ1) is 14.0. The van der Waals surface area contributed by atoms with Gasteiger partial charge in [0, 0.05) is 27.1 Å². The predicted octanol–water partition coefficient (Wildman–Crippen LogP) is 5.36. The van der Waals surface area contributed by atoms with Crippen molar-refractivity contribution in [2.75, 3.05) is 0 Å². The van der Waals surface area contributed by atoms with Crippen molar-refractivity contribution in [1.82, 2.24) is 9.97 Å². The fraction of sp³-hybridized carbons (Fsp3) is 0. The number of fused-ring (bicyclic) bond motifs is 4. The summed E-state index contributed by atoms with van der Waals surface area (Å²) in [6, 6.07) is 19.4. The maximum absolute atomic E-state index is 13.1. The van der Waals surface area contributed by atoms with Gasteiger partial charge < -0.3 is 10.1 Å². The molecule has 0 unspecified atom stereocenters. The van der Waals surface area contributed by atoms with Crippen LogP contribution in [0.4, 0.5) is 0 Å². The van der Waals surface area contributed by atoms with Gasteiger partial charge in [0.25, 0.3) is 0 Å². The molecule has 2 N–H and O–H groups in total. The quantitative estimate of drug-likeness (QED) is 0.283. The summed E-state index contributed by atoms with van der Waals surface area (Å²) in [5.74, 6) is -1.29. The maximum Gasteiger partial charge on any atom is 0.341 e. The Balaban J connectivity index is 2.04. The van der Waals surface area contributed by atoms with E-state index in [-0.39, 0.29) is 10.9 Å². The Labute approximate surface area is 172 Å². The Bertz CT molecular complexity index is 1520. The highest BCUT2D eigenvalue weighted by Crippen LogP contribution is 2.36. The molecule has 0 aliphatic carbocycles. The molecule has 2 aromatic heterocycles. The smallest absolute Gasteiger partial charge is 0.341 e. The highest BCUT2D eigenvalue weighted by atomic mass is 79.9. The lowest BCUT2D eigenvalue weighted by atomic mass is 9.97. The molecule has 5 rings (SSSR count). The molecule has 0 atom stereocenters. The van der Waals surface area contributed by atoms with E-state index in [1.54, 1.807) is 0 Å². The molecule has 0 aliphatic heterocycles. The van der Waals surface area contributed by atoms with E-state index in [9.17, 15) is 14.7 Å². The summed E-state index contributed by atoms with van der Waals surface area (Å²) in [7, 11) is 0. The normalized spacial score (nSPS) is 11.3. The number of carboxylic acid groups (broad SMARTS) is 1. The molecule has 0 aliphatic rings. The molecule has 0 saturated heterocycles. The van der Waals surface area contributed by atoms with Crippen LogP contribution in [0.2, 0.25) is 0 Å². The molecule has 0 bridgehead atoms. The number of H-pyrrole nitrogens is 1. The number of nitrogens with zero attached hydrogens (tertiary/aromatic N) is 1. The molecule has 29 heavy (non-hydrogen) atoms. The lowest BCUT2D eigenvalue weighted by Crippen LogP contribution is -2.16. The number of pyridine rings is 2. The molecule has 0 spiro atoms. The van der Waals surface area contributed by atoms with E-state index >= 15 is 0 Å².